The molecule has 1 aliphatic rings. The number of nitrogens with one attached hydrogen (secondary N) is 1. The van der Waals surface area contributed by atoms with Crippen molar-refractivity contribution in [2.24, 2.45) is 0 Å². The lowest BCUT2D eigenvalue weighted by atomic mass is 10.1. The minimum atomic E-state index is 0.371. The molecule has 2 aromatic carbocycles. The maximum absolute atomic E-state index is 3.72. The van der Waals surface area contributed by atoms with E-state index in [1.165, 1.54) is 16.8 Å². The summed E-state index contributed by atoms with van der Waals surface area (Å²) in [5.74, 6) is 0. The third-order valence-corrected chi connectivity index (χ3v) is 4.29. The quantitative estimate of drug-likeness (QED) is 0.935. The molecule has 3 heteroatoms. The number of hydrogen-bond donors (Lipinski definition) is 1. The zero-order valence-electron chi connectivity index (χ0n) is 13.5. The highest BCUT2D eigenvalue weighted by Gasteiger charge is 2.22. The van der Waals surface area contributed by atoms with Crippen LogP contribution < -0.4 is 10.2 Å². The molecule has 0 radical (unpaired) electrons. The summed E-state index contributed by atoms with van der Waals surface area (Å²) in [7, 11) is 4.27. The largest absolute Gasteiger partial charge is 0.368 e. The lowest BCUT2D eigenvalue weighted by Gasteiger charge is -2.29. The molecule has 0 bridgehead atoms. The standard InChI is InChI=1S/C19H25N3/c1-21(2)12-13-22-15-18(16-8-4-3-5-9-16)20-14-17-10-6-7-11-19(17)22/h3-11,18,20H,12-15H2,1-2H3. The molecule has 22 heavy (non-hydrogen) atoms. The highest BCUT2D eigenvalue weighted by atomic mass is 15.2. The first-order valence-electron chi connectivity index (χ1n) is 8.00. The van der Waals surface area contributed by atoms with Crippen molar-refractivity contribution >= 4 is 5.69 Å². The molecule has 1 heterocycles. The van der Waals surface area contributed by atoms with Crippen LogP contribution in [-0.4, -0.2) is 38.6 Å². The summed E-state index contributed by atoms with van der Waals surface area (Å²) < 4.78 is 0. The summed E-state index contributed by atoms with van der Waals surface area (Å²) in [5.41, 5.74) is 4.13. The molecule has 116 valence electrons. The predicted molar refractivity (Wildman–Crippen MR) is 93.2 cm³/mol. The van der Waals surface area contributed by atoms with Crippen molar-refractivity contribution in [3.63, 3.8) is 0 Å². The van der Waals surface area contributed by atoms with Crippen molar-refractivity contribution < 1.29 is 0 Å². The molecular weight excluding hydrogens is 270 g/mol. The van der Waals surface area contributed by atoms with Gasteiger partial charge in [0, 0.05) is 31.9 Å². The monoisotopic (exact) mass is 295 g/mol. The van der Waals surface area contributed by atoms with E-state index in [-0.39, 0.29) is 0 Å². The van der Waals surface area contributed by atoms with E-state index in [0.717, 1.165) is 26.2 Å². The molecule has 1 unspecified atom stereocenters. The highest BCUT2D eigenvalue weighted by molar-refractivity contribution is 5.55. The smallest absolute Gasteiger partial charge is 0.0500 e. The molecule has 0 saturated carbocycles. The molecular formula is C19H25N3. The molecule has 0 fully saturated rings. The van der Waals surface area contributed by atoms with Crippen molar-refractivity contribution in [2.45, 2.75) is 12.6 Å². The van der Waals surface area contributed by atoms with Gasteiger partial charge in [-0.05, 0) is 31.3 Å². The van der Waals surface area contributed by atoms with Crippen molar-refractivity contribution in [3.8, 4) is 0 Å². The summed E-state index contributed by atoms with van der Waals surface area (Å²) in [6.07, 6.45) is 0. The Morgan fingerprint density at radius 2 is 1.77 bits per heavy atom. The van der Waals surface area contributed by atoms with E-state index < -0.39 is 0 Å². The molecule has 0 aromatic heterocycles. The Morgan fingerprint density at radius 3 is 2.55 bits per heavy atom. The van der Waals surface area contributed by atoms with E-state index >= 15 is 0 Å². The van der Waals surface area contributed by atoms with E-state index in [1.807, 2.05) is 0 Å². The second-order valence-corrected chi connectivity index (χ2v) is 6.22. The molecule has 1 atom stereocenters. The van der Waals surface area contributed by atoms with E-state index in [4.69, 9.17) is 0 Å². The van der Waals surface area contributed by atoms with Crippen molar-refractivity contribution in [1.29, 1.82) is 0 Å². The maximum Gasteiger partial charge on any atom is 0.0500 e. The zero-order valence-corrected chi connectivity index (χ0v) is 13.5. The van der Waals surface area contributed by atoms with Crippen molar-refractivity contribution in [1.82, 2.24) is 10.2 Å². The fraction of sp³-hybridized carbons (Fsp3) is 0.368. The highest BCUT2D eigenvalue weighted by Crippen LogP contribution is 2.27. The van der Waals surface area contributed by atoms with Gasteiger partial charge in [0.1, 0.15) is 0 Å². The number of benzene rings is 2. The summed E-state index contributed by atoms with van der Waals surface area (Å²) in [6.45, 7) is 4.05. The van der Waals surface area contributed by atoms with Crippen LogP contribution in [0.5, 0.6) is 0 Å². The van der Waals surface area contributed by atoms with Crippen LogP contribution in [0.15, 0.2) is 54.6 Å². The number of rotatable bonds is 4. The van der Waals surface area contributed by atoms with E-state index in [9.17, 15) is 0 Å². The van der Waals surface area contributed by atoms with Crippen molar-refractivity contribution in [3.05, 3.63) is 65.7 Å². The minimum absolute atomic E-state index is 0.371. The van der Waals surface area contributed by atoms with Gasteiger partial charge in [0.05, 0.1) is 6.04 Å². The second kappa shape index (κ2) is 6.95. The van der Waals surface area contributed by atoms with Crippen LogP contribution in [0.3, 0.4) is 0 Å². The van der Waals surface area contributed by atoms with Gasteiger partial charge in [0.2, 0.25) is 0 Å². The Hall–Kier alpha value is -1.84. The van der Waals surface area contributed by atoms with E-state index in [0.29, 0.717) is 6.04 Å². The van der Waals surface area contributed by atoms with Gasteiger partial charge in [-0.3, -0.25) is 0 Å². The van der Waals surface area contributed by atoms with Crippen LogP contribution in [0, 0.1) is 0 Å². The van der Waals surface area contributed by atoms with Crippen molar-refractivity contribution in [2.75, 3.05) is 38.6 Å². The van der Waals surface area contributed by atoms with E-state index in [2.05, 4.69) is 83.8 Å². The van der Waals surface area contributed by atoms with E-state index in [1.54, 1.807) is 0 Å². The summed E-state index contributed by atoms with van der Waals surface area (Å²) in [4.78, 5) is 4.77. The molecule has 0 aliphatic carbocycles. The SMILES string of the molecule is CN(C)CCN1CC(c2ccccc2)NCc2ccccc21. The summed E-state index contributed by atoms with van der Waals surface area (Å²) in [6, 6.07) is 19.9. The first-order chi connectivity index (χ1) is 10.7. The van der Waals surface area contributed by atoms with Crippen LogP contribution in [-0.2, 0) is 6.54 Å². The number of anilines is 1. The van der Waals surface area contributed by atoms with Crippen LogP contribution in [0.2, 0.25) is 0 Å². The summed E-state index contributed by atoms with van der Waals surface area (Å²) >= 11 is 0. The third kappa shape index (κ3) is 3.49. The van der Waals surface area contributed by atoms with Gasteiger partial charge in [0.15, 0.2) is 0 Å². The summed E-state index contributed by atoms with van der Waals surface area (Å²) in [5, 5.41) is 3.72. The number of nitrogens with zero attached hydrogens (tertiary/aromatic N) is 2. The van der Waals surface area contributed by atoms with Crippen LogP contribution >= 0.6 is 0 Å². The molecule has 1 N–H and O–H groups in total. The number of likely N-dealkylation sites (N-methyl/N-ethyl adjacent to an activating group) is 1. The fourth-order valence-corrected chi connectivity index (χ4v) is 3.03. The lowest BCUT2D eigenvalue weighted by Crippen LogP contribution is -2.36. The Bertz CT molecular complexity index is 595. The normalized spacial score (nSPS) is 18.1. The molecule has 2 aromatic rings. The average molecular weight is 295 g/mol. The molecule has 1 aliphatic heterocycles. The second-order valence-electron chi connectivity index (χ2n) is 6.22. The number of hydrogen-bond acceptors (Lipinski definition) is 3. The topological polar surface area (TPSA) is 18.5 Å². The average Bonchev–Trinajstić information content (AvgIpc) is 2.73. The van der Waals surface area contributed by atoms with Gasteiger partial charge < -0.3 is 15.1 Å². The fourth-order valence-electron chi connectivity index (χ4n) is 3.03. The number of fused-ring (bicyclic) bond motifs is 1. The minimum Gasteiger partial charge on any atom is -0.368 e. The lowest BCUT2D eigenvalue weighted by molar-refractivity contribution is 0.409. The zero-order chi connectivity index (χ0) is 15.4. The Balaban J connectivity index is 1.85. The van der Waals surface area contributed by atoms with Gasteiger partial charge in [-0.2, -0.15) is 0 Å². The Kier molecular flexibility index (Phi) is 4.76. The molecule has 3 nitrogen and oxygen atoms in total. The number of para-hydroxylation sites is 1. The van der Waals surface area contributed by atoms with Crippen LogP contribution in [0.25, 0.3) is 0 Å². The van der Waals surface area contributed by atoms with Gasteiger partial charge in [-0.25, -0.2) is 0 Å². The van der Waals surface area contributed by atoms with Gasteiger partial charge in [-0.1, -0.05) is 48.5 Å². The maximum atomic E-state index is 3.72. The predicted octanol–water partition coefficient (Wildman–Crippen LogP) is 2.90. The first kappa shape index (κ1) is 15.1. The molecule has 0 amide bonds. The van der Waals surface area contributed by atoms with Gasteiger partial charge in [-0.15, -0.1) is 0 Å². The van der Waals surface area contributed by atoms with Gasteiger partial charge >= 0.3 is 0 Å². The first-order valence-corrected chi connectivity index (χ1v) is 8.00. The van der Waals surface area contributed by atoms with Crippen LogP contribution in [0.4, 0.5) is 5.69 Å². The molecule has 3 rings (SSSR count). The molecule has 0 spiro atoms. The Morgan fingerprint density at radius 1 is 1.05 bits per heavy atom. The third-order valence-electron chi connectivity index (χ3n) is 4.29. The molecule has 0 saturated heterocycles. The van der Waals surface area contributed by atoms with Gasteiger partial charge in [0.25, 0.3) is 0 Å². The Labute approximate surface area is 133 Å². The van der Waals surface area contributed by atoms with Crippen LogP contribution in [0.1, 0.15) is 17.2 Å².